The molecule has 0 heterocycles. The van der Waals surface area contributed by atoms with Gasteiger partial charge in [-0.05, 0) is 43.4 Å². The lowest BCUT2D eigenvalue weighted by Gasteiger charge is -2.10. The fraction of sp³-hybridized carbons (Fsp3) is 0.500. The molecule has 0 bridgehead atoms. The van der Waals surface area contributed by atoms with E-state index in [1.165, 1.54) is 6.07 Å². The highest BCUT2D eigenvalue weighted by molar-refractivity contribution is 5.39. The van der Waals surface area contributed by atoms with Crippen molar-refractivity contribution in [2.45, 2.75) is 32.2 Å². The molecule has 0 spiro atoms. The molecule has 1 unspecified atom stereocenters. The van der Waals surface area contributed by atoms with Gasteiger partial charge in [0.2, 0.25) is 0 Å². The van der Waals surface area contributed by atoms with Crippen molar-refractivity contribution in [2.24, 2.45) is 5.73 Å². The van der Waals surface area contributed by atoms with E-state index >= 15 is 0 Å². The number of aryl methyl sites for hydroxylation is 1. The van der Waals surface area contributed by atoms with Crippen LogP contribution in [-0.4, -0.2) is 12.6 Å². The highest BCUT2D eigenvalue weighted by atomic mass is 19.1. The van der Waals surface area contributed by atoms with Crippen molar-refractivity contribution in [3.05, 3.63) is 29.1 Å². The summed E-state index contributed by atoms with van der Waals surface area (Å²) >= 11 is 0. The number of hydrogen-bond acceptors (Lipinski definition) is 2. The third-order valence-electron chi connectivity index (χ3n) is 2.65. The van der Waals surface area contributed by atoms with E-state index in [1.807, 2.05) is 13.0 Å². The van der Waals surface area contributed by atoms with Crippen molar-refractivity contribution in [3.63, 3.8) is 0 Å². The Balaban J connectivity index is 2.16. The molecule has 82 valence electrons. The van der Waals surface area contributed by atoms with Crippen LogP contribution in [0.25, 0.3) is 0 Å². The predicted molar refractivity (Wildman–Crippen MR) is 57.6 cm³/mol. The predicted octanol–water partition coefficient (Wildman–Crippen LogP) is 2.04. The summed E-state index contributed by atoms with van der Waals surface area (Å²) in [5.74, 6) is 0.468. The van der Waals surface area contributed by atoms with Crippen LogP contribution in [0.4, 0.5) is 4.39 Å². The molecule has 0 aromatic heterocycles. The lowest BCUT2D eigenvalue weighted by atomic mass is 10.1. The number of ether oxygens (including phenoxy) is 1. The molecule has 1 aromatic rings. The average molecular weight is 209 g/mol. The van der Waals surface area contributed by atoms with Crippen LogP contribution in [0.3, 0.4) is 0 Å². The molecule has 2 N–H and O–H groups in total. The first-order valence-electron chi connectivity index (χ1n) is 5.36. The van der Waals surface area contributed by atoms with E-state index in [2.05, 4.69) is 0 Å². The topological polar surface area (TPSA) is 35.2 Å². The van der Waals surface area contributed by atoms with Gasteiger partial charge in [0.05, 0.1) is 0 Å². The van der Waals surface area contributed by atoms with Crippen LogP contribution in [0.1, 0.15) is 24.5 Å². The Kier molecular flexibility index (Phi) is 2.91. The van der Waals surface area contributed by atoms with Gasteiger partial charge in [0.15, 0.2) is 0 Å². The molecule has 0 amide bonds. The SMILES string of the molecule is CC(N)COc1cc(F)c2c(c1)CCC2. The fourth-order valence-electron chi connectivity index (χ4n) is 1.94. The van der Waals surface area contributed by atoms with Crippen molar-refractivity contribution >= 4 is 0 Å². The molecular weight excluding hydrogens is 193 g/mol. The van der Waals surface area contributed by atoms with Crippen molar-refractivity contribution in [3.8, 4) is 5.75 Å². The third-order valence-corrected chi connectivity index (χ3v) is 2.65. The summed E-state index contributed by atoms with van der Waals surface area (Å²) in [5.41, 5.74) is 7.53. The van der Waals surface area contributed by atoms with E-state index in [4.69, 9.17) is 10.5 Å². The molecule has 1 aliphatic rings. The largest absolute Gasteiger partial charge is 0.492 e. The standard InChI is InChI=1S/C12H16FNO/c1-8(14)7-15-10-5-9-3-2-4-11(9)12(13)6-10/h5-6,8H,2-4,7,14H2,1H3. The summed E-state index contributed by atoms with van der Waals surface area (Å²) in [5, 5.41) is 0. The molecule has 0 aliphatic heterocycles. The van der Waals surface area contributed by atoms with Crippen LogP contribution in [0.2, 0.25) is 0 Å². The van der Waals surface area contributed by atoms with Gasteiger partial charge in [-0.1, -0.05) is 0 Å². The summed E-state index contributed by atoms with van der Waals surface area (Å²) in [6.07, 6.45) is 2.86. The number of benzene rings is 1. The Morgan fingerprint density at radius 3 is 3.00 bits per heavy atom. The lowest BCUT2D eigenvalue weighted by Crippen LogP contribution is -2.23. The first-order valence-corrected chi connectivity index (χ1v) is 5.36. The monoisotopic (exact) mass is 209 g/mol. The Labute approximate surface area is 89.2 Å². The van der Waals surface area contributed by atoms with Gasteiger partial charge in [-0.2, -0.15) is 0 Å². The zero-order chi connectivity index (χ0) is 10.8. The summed E-state index contributed by atoms with van der Waals surface area (Å²) in [6.45, 7) is 2.29. The second-order valence-corrected chi connectivity index (χ2v) is 4.18. The zero-order valence-electron chi connectivity index (χ0n) is 8.92. The van der Waals surface area contributed by atoms with E-state index in [-0.39, 0.29) is 11.9 Å². The first kappa shape index (κ1) is 10.4. The number of nitrogens with two attached hydrogens (primary N) is 1. The van der Waals surface area contributed by atoms with E-state index in [0.29, 0.717) is 12.4 Å². The van der Waals surface area contributed by atoms with Crippen LogP contribution in [-0.2, 0) is 12.8 Å². The maximum Gasteiger partial charge on any atom is 0.130 e. The molecule has 2 rings (SSSR count). The molecule has 1 aliphatic carbocycles. The minimum Gasteiger partial charge on any atom is -0.492 e. The van der Waals surface area contributed by atoms with E-state index < -0.39 is 0 Å². The quantitative estimate of drug-likeness (QED) is 0.826. The van der Waals surface area contributed by atoms with Crippen molar-refractivity contribution < 1.29 is 9.13 Å². The molecule has 0 fully saturated rings. The highest BCUT2D eigenvalue weighted by Gasteiger charge is 2.16. The minimum absolute atomic E-state index is 0.0266. The van der Waals surface area contributed by atoms with E-state index in [1.54, 1.807) is 0 Å². The first-order chi connectivity index (χ1) is 7.16. The van der Waals surface area contributed by atoms with Gasteiger partial charge in [0.25, 0.3) is 0 Å². The molecule has 1 aromatic carbocycles. The summed E-state index contributed by atoms with van der Waals surface area (Å²) in [4.78, 5) is 0. The molecule has 1 atom stereocenters. The number of rotatable bonds is 3. The maximum absolute atomic E-state index is 13.6. The second kappa shape index (κ2) is 4.19. The van der Waals surface area contributed by atoms with Gasteiger partial charge in [0.1, 0.15) is 18.2 Å². The summed E-state index contributed by atoms with van der Waals surface area (Å²) < 4.78 is 19.0. The molecule has 0 saturated heterocycles. The molecule has 3 heteroatoms. The van der Waals surface area contributed by atoms with Gasteiger partial charge in [0, 0.05) is 12.1 Å². The Morgan fingerprint density at radius 2 is 2.27 bits per heavy atom. The van der Waals surface area contributed by atoms with Gasteiger partial charge >= 0.3 is 0 Å². The van der Waals surface area contributed by atoms with Gasteiger partial charge in [-0.15, -0.1) is 0 Å². The fourth-order valence-corrected chi connectivity index (χ4v) is 1.94. The molecule has 0 radical (unpaired) electrons. The lowest BCUT2D eigenvalue weighted by molar-refractivity contribution is 0.294. The molecule has 0 saturated carbocycles. The number of halogens is 1. The smallest absolute Gasteiger partial charge is 0.130 e. The van der Waals surface area contributed by atoms with Crippen LogP contribution < -0.4 is 10.5 Å². The minimum atomic E-state index is -0.135. The Hall–Kier alpha value is -1.09. The van der Waals surface area contributed by atoms with Crippen molar-refractivity contribution in [2.75, 3.05) is 6.61 Å². The molecular formula is C12H16FNO. The van der Waals surface area contributed by atoms with Crippen LogP contribution >= 0.6 is 0 Å². The Morgan fingerprint density at radius 1 is 1.47 bits per heavy atom. The maximum atomic E-state index is 13.6. The van der Waals surface area contributed by atoms with Crippen molar-refractivity contribution in [1.82, 2.24) is 0 Å². The van der Waals surface area contributed by atoms with Gasteiger partial charge in [-0.3, -0.25) is 0 Å². The van der Waals surface area contributed by atoms with Gasteiger partial charge in [-0.25, -0.2) is 4.39 Å². The average Bonchev–Trinajstić information content (AvgIpc) is 2.63. The van der Waals surface area contributed by atoms with Crippen LogP contribution in [0, 0.1) is 5.82 Å². The molecule has 15 heavy (non-hydrogen) atoms. The van der Waals surface area contributed by atoms with Crippen LogP contribution in [0.15, 0.2) is 12.1 Å². The van der Waals surface area contributed by atoms with Gasteiger partial charge < -0.3 is 10.5 Å². The van der Waals surface area contributed by atoms with Crippen LogP contribution in [0.5, 0.6) is 5.75 Å². The van der Waals surface area contributed by atoms with E-state index in [9.17, 15) is 4.39 Å². The third kappa shape index (κ3) is 2.29. The number of fused-ring (bicyclic) bond motifs is 1. The second-order valence-electron chi connectivity index (χ2n) is 4.18. The highest BCUT2D eigenvalue weighted by Crippen LogP contribution is 2.28. The summed E-state index contributed by atoms with van der Waals surface area (Å²) in [7, 11) is 0. The number of hydrogen-bond donors (Lipinski definition) is 1. The normalized spacial score (nSPS) is 16.2. The Bertz CT molecular complexity index is 363. The molecule has 2 nitrogen and oxygen atoms in total. The van der Waals surface area contributed by atoms with Crippen molar-refractivity contribution in [1.29, 1.82) is 0 Å². The zero-order valence-corrected chi connectivity index (χ0v) is 8.92. The van der Waals surface area contributed by atoms with E-state index in [0.717, 1.165) is 30.4 Å². The summed E-state index contributed by atoms with van der Waals surface area (Å²) in [6, 6.07) is 3.38.